The molecule has 8 heteroatoms. The molecule has 27 heavy (non-hydrogen) atoms. The molecule has 0 aliphatic carbocycles. The molecule has 2 atom stereocenters. The normalized spacial score (nSPS) is 13.7. The highest BCUT2D eigenvalue weighted by molar-refractivity contribution is 5.68. The Balaban J connectivity index is 2.79. The van der Waals surface area contributed by atoms with Crippen LogP contribution < -0.4 is 16.4 Å². The number of non-ortho nitro benzene ring substituents is 1. The molecule has 1 aromatic carbocycles. The summed E-state index contributed by atoms with van der Waals surface area (Å²) in [5, 5.41) is 17.1. The maximum atomic E-state index is 12.2. The van der Waals surface area contributed by atoms with E-state index in [-0.39, 0.29) is 17.8 Å². The van der Waals surface area contributed by atoms with Gasteiger partial charge in [-0.25, -0.2) is 4.79 Å². The van der Waals surface area contributed by atoms with Gasteiger partial charge in [-0.2, -0.15) is 0 Å². The van der Waals surface area contributed by atoms with E-state index in [1.165, 1.54) is 12.1 Å². The molecule has 0 radical (unpaired) electrons. The van der Waals surface area contributed by atoms with Gasteiger partial charge in [0.2, 0.25) is 0 Å². The molecule has 0 aliphatic rings. The van der Waals surface area contributed by atoms with Crippen LogP contribution in [-0.4, -0.2) is 41.8 Å². The molecule has 0 spiro atoms. The van der Waals surface area contributed by atoms with Crippen LogP contribution in [0, 0.1) is 10.1 Å². The fraction of sp³-hybridized carbons (Fsp3) is 0.632. The summed E-state index contributed by atoms with van der Waals surface area (Å²) in [6, 6.07) is 6.41. The van der Waals surface area contributed by atoms with Crippen LogP contribution in [0.25, 0.3) is 0 Å². The molecular formula is C19H32N4O4. The second-order valence-electron chi connectivity index (χ2n) is 7.56. The number of nitro benzene ring substituents is 1. The summed E-state index contributed by atoms with van der Waals surface area (Å²) in [6.07, 6.45) is 1.84. The molecule has 0 heterocycles. The van der Waals surface area contributed by atoms with Gasteiger partial charge in [-0.05, 0) is 52.1 Å². The Labute approximate surface area is 161 Å². The Morgan fingerprint density at radius 2 is 1.89 bits per heavy atom. The average Bonchev–Trinajstić information content (AvgIpc) is 2.57. The molecule has 0 aliphatic heterocycles. The number of nitrogens with one attached hydrogen (secondary N) is 2. The Bertz CT molecular complexity index is 599. The molecule has 0 saturated heterocycles. The summed E-state index contributed by atoms with van der Waals surface area (Å²) < 4.78 is 5.35. The summed E-state index contributed by atoms with van der Waals surface area (Å²) in [4.78, 5) is 22.5. The fourth-order valence-electron chi connectivity index (χ4n) is 2.65. The smallest absolute Gasteiger partial charge is 0.407 e. The van der Waals surface area contributed by atoms with Crippen LogP contribution >= 0.6 is 0 Å². The molecule has 2 unspecified atom stereocenters. The molecule has 1 amide bonds. The number of nitrogens with two attached hydrogens (primary N) is 1. The summed E-state index contributed by atoms with van der Waals surface area (Å²) >= 11 is 0. The van der Waals surface area contributed by atoms with E-state index in [9.17, 15) is 14.9 Å². The molecule has 1 aromatic rings. The topological polar surface area (TPSA) is 120 Å². The number of hydrogen-bond donors (Lipinski definition) is 3. The summed E-state index contributed by atoms with van der Waals surface area (Å²) in [5.41, 5.74) is 6.00. The van der Waals surface area contributed by atoms with Crippen molar-refractivity contribution in [2.45, 2.75) is 64.6 Å². The SMILES string of the molecule is CCC(CCN)NCC(Cc1ccc([N+](=O)[O-])cc1)NC(=O)OC(C)(C)C. The summed E-state index contributed by atoms with van der Waals surface area (Å²) in [7, 11) is 0. The Morgan fingerprint density at radius 3 is 2.37 bits per heavy atom. The van der Waals surface area contributed by atoms with E-state index < -0.39 is 16.6 Å². The largest absolute Gasteiger partial charge is 0.444 e. The maximum Gasteiger partial charge on any atom is 0.407 e. The zero-order valence-corrected chi connectivity index (χ0v) is 16.7. The van der Waals surface area contributed by atoms with E-state index in [2.05, 4.69) is 17.6 Å². The number of nitrogens with zero attached hydrogens (tertiary/aromatic N) is 1. The van der Waals surface area contributed by atoms with Crippen LogP contribution in [0.2, 0.25) is 0 Å². The molecule has 4 N–H and O–H groups in total. The summed E-state index contributed by atoms with van der Waals surface area (Å²) in [6.45, 7) is 8.66. The van der Waals surface area contributed by atoms with Crippen LogP contribution in [-0.2, 0) is 11.2 Å². The van der Waals surface area contributed by atoms with E-state index in [0.717, 1.165) is 18.4 Å². The fourth-order valence-corrected chi connectivity index (χ4v) is 2.65. The van der Waals surface area contributed by atoms with E-state index in [1.54, 1.807) is 12.1 Å². The molecule has 0 bridgehead atoms. The molecule has 8 nitrogen and oxygen atoms in total. The van der Waals surface area contributed by atoms with Crippen LogP contribution in [0.4, 0.5) is 10.5 Å². The molecule has 1 rings (SSSR count). The highest BCUT2D eigenvalue weighted by atomic mass is 16.6. The lowest BCUT2D eigenvalue weighted by atomic mass is 10.0. The van der Waals surface area contributed by atoms with Crippen LogP contribution in [0.1, 0.15) is 46.1 Å². The van der Waals surface area contributed by atoms with Gasteiger partial charge in [0.25, 0.3) is 5.69 Å². The van der Waals surface area contributed by atoms with Crippen LogP contribution in [0.15, 0.2) is 24.3 Å². The van der Waals surface area contributed by atoms with Crippen molar-refractivity contribution in [3.05, 3.63) is 39.9 Å². The van der Waals surface area contributed by atoms with E-state index >= 15 is 0 Å². The number of hydrogen-bond acceptors (Lipinski definition) is 6. The first-order valence-electron chi connectivity index (χ1n) is 9.31. The highest BCUT2D eigenvalue weighted by Crippen LogP contribution is 2.14. The van der Waals surface area contributed by atoms with Gasteiger partial charge < -0.3 is 21.1 Å². The average molecular weight is 380 g/mol. The minimum atomic E-state index is -0.582. The number of carbonyl (C=O) groups is 1. The second kappa shape index (κ2) is 10.8. The van der Waals surface area contributed by atoms with Crippen molar-refractivity contribution >= 4 is 11.8 Å². The Hall–Kier alpha value is -2.19. The van der Waals surface area contributed by atoms with Crippen molar-refractivity contribution < 1.29 is 14.5 Å². The lowest BCUT2D eigenvalue weighted by molar-refractivity contribution is -0.384. The monoisotopic (exact) mass is 380 g/mol. The number of carbonyl (C=O) groups excluding carboxylic acids is 1. The Kier molecular flexibility index (Phi) is 9.17. The quantitative estimate of drug-likeness (QED) is 0.424. The van der Waals surface area contributed by atoms with Gasteiger partial charge in [0, 0.05) is 30.8 Å². The lowest BCUT2D eigenvalue weighted by Gasteiger charge is -2.25. The van der Waals surface area contributed by atoms with Crippen molar-refractivity contribution in [3.63, 3.8) is 0 Å². The molecular weight excluding hydrogens is 348 g/mol. The standard InChI is InChI=1S/C19H32N4O4/c1-5-15(10-11-20)21-13-16(22-18(24)27-19(2,3)4)12-14-6-8-17(9-7-14)23(25)26/h6-9,15-16,21H,5,10-13,20H2,1-4H3,(H,22,24). The lowest BCUT2D eigenvalue weighted by Crippen LogP contribution is -2.47. The summed E-state index contributed by atoms with van der Waals surface area (Å²) in [5.74, 6) is 0. The van der Waals surface area contributed by atoms with Gasteiger partial charge in [-0.15, -0.1) is 0 Å². The third-order valence-corrected chi connectivity index (χ3v) is 4.01. The van der Waals surface area contributed by atoms with Crippen molar-refractivity contribution in [1.29, 1.82) is 0 Å². The first-order valence-corrected chi connectivity index (χ1v) is 9.31. The molecule has 0 fully saturated rings. The van der Waals surface area contributed by atoms with Gasteiger partial charge in [0.15, 0.2) is 0 Å². The third-order valence-electron chi connectivity index (χ3n) is 4.01. The number of ether oxygens (including phenoxy) is 1. The van der Waals surface area contributed by atoms with E-state index in [1.807, 2.05) is 20.8 Å². The number of nitro groups is 1. The molecule has 152 valence electrons. The van der Waals surface area contributed by atoms with Crippen LogP contribution in [0.3, 0.4) is 0 Å². The van der Waals surface area contributed by atoms with Gasteiger partial charge in [-0.3, -0.25) is 10.1 Å². The number of rotatable bonds is 10. The minimum Gasteiger partial charge on any atom is -0.444 e. The van der Waals surface area contributed by atoms with Gasteiger partial charge in [0.1, 0.15) is 5.60 Å². The predicted molar refractivity (Wildman–Crippen MR) is 106 cm³/mol. The number of amides is 1. The first-order chi connectivity index (χ1) is 12.6. The molecule has 0 saturated carbocycles. The number of alkyl carbamates (subject to hydrolysis) is 1. The van der Waals surface area contributed by atoms with Crippen LogP contribution in [0.5, 0.6) is 0 Å². The van der Waals surface area contributed by atoms with Gasteiger partial charge in [0.05, 0.1) is 4.92 Å². The highest BCUT2D eigenvalue weighted by Gasteiger charge is 2.20. The van der Waals surface area contributed by atoms with E-state index in [0.29, 0.717) is 19.5 Å². The first kappa shape index (κ1) is 22.9. The Morgan fingerprint density at radius 1 is 1.26 bits per heavy atom. The zero-order valence-electron chi connectivity index (χ0n) is 16.7. The molecule has 0 aromatic heterocycles. The van der Waals surface area contributed by atoms with E-state index in [4.69, 9.17) is 10.5 Å². The predicted octanol–water partition coefficient (Wildman–Crippen LogP) is 2.75. The third kappa shape index (κ3) is 9.35. The van der Waals surface area contributed by atoms with Crippen molar-refractivity contribution in [2.75, 3.05) is 13.1 Å². The van der Waals surface area contributed by atoms with Crippen molar-refractivity contribution in [3.8, 4) is 0 Å². The minimum absolute atomic E-state index is 0.0440. The zero-order chi connectivity index (χ0) is 20.4. The second-order valence-corrected chi connectivity index (χ2v) is 7.56. The van der Waals surface area contributed by atoms with Gasteiger partial charge in [-0.1, -0.05) is 19.1 Å². The maximum absolute atomic E-state index is 12.2. The van der Waals surface area contributed by atoms with Gasteiger partial charge >= 0.3 is 6.09 Å². The van der Waals surface area contributed by atoms with Crippen molar-refractivity contribution in [2.24, 2.45) is 5.73 Å². The van der Waals surface area contributed by atoms with Crippen molar-refractivity contribution in [1.82, 2.24) is 10.6 Å². The number of benzene rings is 1.